The van der Waals surface area contributed by atoms with E-state index in [1.165, 1.54) is 7.11 Å². The molecule has 1 fully saturated rings. The van der Waals surface area contributed by atoms with Crippen molar-refractivity contribution in [3.63, 3.8) is 0 Å². The van der Waals surface area contributed by atoms with Gasteiger partial charge in [0.25, 0.3) is 5.91 Å². The lowest BCUT2D eigenvalue weighted by atomic mass is 9.93. The number of fused-ring (bicyclic) bond motifs is 1. The number of hydrogen-bond donors (Lipinski definition) is 3. The largest absolute Gasteiger partial charge is 0.497 e. The first-order valence-corrected chi connectivity index (χ1v) is 13.9. The molecule has 1 saturated heterocycles. The number of nitrogens with one attached hydrogen (secondary N) is 3. The Morgan fingerprint density at radius 2 is 1.68 bits per heavy atom. The fraction of sp³-hybridized carbons (Fsp3) is 0.233. The number of thioether (sulfide) groups is 1. The van der Waals surface area contributed by atoms with Crippen molar-refractivity contribution in [1.82, 2.24) is 4.90 Å². The lowest BCUT2D eigenvalue weighted by molar-refractivity contribution is -0.113. The zero-order chi connectivity index (χ0) is 28.1. The summed E-state index contributed by atoms with van der Waals surface area (Å²) in [7, 11) is 3.10. The lowest BCUT2D eigenvalue weighted by Crippen LogP contribution is -2.43. The third-order valence-electron chi connectivity index (χ3n) is 6.68. The standard InChI is InChI=1S/C30H31N5O4S/c1-19-26(28(36)32-21-8-5-4-6-9-21)27(35-16-7-17-40-30(35)31-19)20-10-12-22(13-11-20)33-29(37)34-24-15-14-23(38-2)18-25(24)39-3/h4-6,8-15,18,27H,7,16-17H2,1-3H3,(H,32,36)(H2,33,34,37). The third kappa shape index (κ3) is 5.91. The number of hydrogen-bond acceptors (Lipinski definition) is 7. The number of allylic oxidation sites excluding steroid dienone is 1. The van der Waals surface area contributed by atoms with Crippen molar-refractivity contribution in [3.05, 3.63) is 89.6 Å². The maximum Gasteiger partial charge on any atom is 0.323 e. The van der Waals surface area contributed by atoms with Crippen molar-refractivity contribution in [2.24, 2.45) is 4.99 Å². The number of amidine groups is 1. The van der Waals surface area contributed by atoms with E-state index in [-0.39, 0.29) is 11.9 Å². The van der Waals surface area contributed by atoms with Crippen LogP contribution in [0.4, 0.5) is 21.9 Å². The van der Waals surface area contributed by atoms with Crippen LogP contribution in [0.15, 0.2) is 89.1 Å². The minimum absolute atomic E-state index is 0.179. The number of methoxy groups -OCH3 is 2. The van der Waals surface area contributed by atoms with Gasteiger partial charge in [0.15, 0.2) is 5.17 Å². The molecule has 1 unspecified atom stereocenters. The minimum Gasteiger partial charge on any atom is -0.497 e. The highest BCUT2D eigenvalue weighted by Gasteiger charge is 2.37. The summed E-state index contributed by atoms with van der Waals surface area (Å²) in [4.78, 5) is 33.3. The second-order valence-electron chi connectivity index (χ2n) is 9.28. The van der Waals surface area contributed by atoms with Crippen molar-refractivity contribution < 1.29 is 19.1 Å². The number of para-hydroxylation sites is 1. The van der Waals surface area contributed by atoms with Crippen molar-refractivity contribution in [2.75, 3.05) is 42.5 Å². The van der Waals surface area contributed by atoms with E-state index in [9.17, 15) is 9.59 Å². The Balaban J connectivity index is 1.36. The summed E-state index contributed by atoms with van der Waals surface area (Å²) in [6.45, 7) is 2.69. The lowest BCUT2D eigenvalue weighted by Gasteiger charge is -2.40. The molecule has 0 bridgehead atoms. The van der Waals surface area contributed by atoms with Crippen LogP contribution >= 0.6 is 11.8 Å². The molecule has 10 heteroatoms. The minimum atomic E-state index is -0.408. The molecule has 5 rings (SSSR count). The molecule has 0 aromatic heterocycles. The molecule has 40 heavy (non-hydrogen) atoms. The van der Waals surface area contributed by atoms with E-state index in [0.717, 1.165) is 35.1 Å². The van der Waals surface area contributed by atoms with Crippen LogP contribution in [0.1, 0.15) is 24.9 Å². The molecule has 3 aromatic rings. The fourth-order valence-electron chi connectivity index (χ4n) is 4.76. The van der Waals surface area contributed by atoms with E-state index >= 15 is 0 Å². The first kappa shape index (κ1) is 27.1. The summed E-state index contributed by atoms with van der Waals surface area (Å²) in [5.41, 5.74) is 4.11. The molecule has 9 nitrogen and oxygen atoms in total. The topological polar surface area (TPSA) is 104 Å². The summed E-state index contributed by atoms with van der Waals surface area (Å²) in [6, 6.07) is 21.4. The van der Waals surface area contributed by atoms with Gasteiger partial charge in [0.05, 0.1) is 37.2 Å². The molecule has 3 aromatic carbocycles. The number of anilines is 3. The van der Waals surface area contributed by atoms with E-state index in [2.05, 4.69) is 20.9 Å². The van der Waals surface area contributed by atoms with Crippen LogP contribution in [0, 0.1) is 0 Å². The number of urea groups is 1. The molecule has 206 valence electrons. The predicted octanol–water partition coefficient (Wildman–Crippen LogP) is 6.11. The highest BCUT2D eigenvalue weighted by atomic mass is 32.2. The van der Waals surface area contributed by atoms with Gasteiger partial charge in [-0.15, -0.1) is 0 Å². The molecule has 0 spiro atoms. The van der Waals surface area contributed by atoms with Crippen molar-refractivity contribution in [2.45, 2.75) is 19.4 Å². The molecule has 2 heterocycles. The van der Waals surface area contributed by atoms with E-state index in [4.69, 9.17) is 14.5 Å². The summed E-state index contributed by atoms with van der Waals surface area (Å²) in [5, 5.41) is 9.63. The van der Waals surface area contributed by atoms with Crippen LogP contribution in [-0.2, 0) is 4.79 Å². The Kier molecular flexibility index (Phi) is 8.26. The molecule has 0 saturated carbocycles. The van der Waals surface area contributed by atoms with Crippen LogP contribution in [0.3, 0.4) is 0 Å². The Hall–Kier alpha value is -4.44. The Bertz CT molecular complexity index is 1460. The Labute approximate surface area is 237 Å². The highest BCUT2D eigenvalue weighted by molar-refractivity contribution is 8.13. The Morgan fingerprint density at radius 3 is 2.40 bits per heavy atom. The first-order chi connectivity index (χ1) is 19.5. The van der Waals surface area contributed by atoms with Gasteiger partial charge in [0, 0.05) is 29.7 Å². The van der Waals surface area contributed by atoms with Crippen molar-refractivity contribution >= 4 is 45.9 Å². The van der Waals surface area contributed by atoms with E-state index in [1.54, 1.807) is 37.1 Å². The third-order valence-corrected chi connectivity index (χ3v) is 7.75. The fourth-order valence-corrected chi connectivity index (χ4v) is 5.78. The van der Waals surface area contributed by atoms with Gasteiger partial charge < -0.3 is 30.3 Å². The van der Waals surface area contributed by atoms with Crippen molar-refractivity contribution in [1.29, 1.82) is 0 Å². The molecule has 0 radical (unpaired) electrons. The van der Waals surface area contributed by atoms with Gasteiger partial charge in [-0.05, 0) is 55.3 Å². The maximum absolute atomic E-state index is 13.6. The number of carbonyl (C=O) groups is 2. The predicted molar refractivity (Wildman–Crippen MR) is 160 cm³/mol. The van der Waals surface area contributed by atoms with Crippen LogP contribution in [0.2, 0.25) is 0 Å². The average molecular weight is 558 g/mol. The van der Waals surface area contributed by atoms with E-state index in [0.29, 0.717) is 34.1 Å². The van der Waals surface area contributed by atoms with Gasteiger partial charge >= 0.3 is 6.03 Å². The van der Waals surface area contributed by atoms with Gasteiger partial charge in [-0.3, -0.25) is 4.79 Å². The van der Waals surface area contributed by atoms with Gasteiger partial charge in [-0.2, -0.15) is 0 Å². The number of amides is 3. The number of nitrogens with zero attached hydrogens (tertiary/aromatic N) is 2. The smallest absolute Gasteiger partial charge is 0.323 e. The number of ether oxygens (including phenoxy) is 2. The number of carbonyl (C=O) groups excluding carboxylic acids is 2. The summed E-state index contributed by atoms with van der Waals surface area (Å²) in [5.74, 6) is 1.93. The van der Waals surface area contributed by atoms with Gasteiger partial charge in [-0.1, -0.05) is 42.1 Å². The molecule has 2 aliphatic heterocycles. The van der Waals surface area contributed by atoms with E-state index in [1.807, 2.05) is 61.5 Å². The monoisotopic (exact) mass is 557 g/mol. The quantitative estimate of drug-likeness (QED) is 0.324. The second kappa shape index (κ2) is 12.2. The number of aliphatic imine (C=N–C) groups is 1. The van der Waals surface area contributed by atoms with Crippen LogP contribution < -0.4 is 25.4 Å². The van der Waals surface area contributed by atoms with Crippen LogP contribution in [0.25, 0.3) is 0 Å². The van der Waals surface area contributed by atoms with Gasteiger partial charge in [-0.25, -0.2) is 9.79 Å². The summed E-state index contributed by atoms with van der Waals surface area (Å²) < 4.78 is 10.6. The maximum atomic E-state index is 13.6. The van der Waals surface area contributed by atoms with E-state index < -0.39 is 6.03 Å². The molecular weight excluding hydrogens is 526 g/mol. The molecule has 1 atom stereocenters. The first-order valence-electron chi connectivity index (χ1n) is 12.9. The molecule has 3 N–H and O–H groups in total. The molecule has 3 amide bonds. The van der Waals surface area contributed by atoms with Gasteiger partial charge in [0.1, 0.15) is 11.5 Å². The number of benzene rings is 3. The summed E-state index contributed by atoms with van der Waals surface area (Å²) >= 11 is 1.71. The summed E-state index contributed by atoms with van der Waals surface area (Å²) in [6.07, 6.45) is 1.00. The number of rotatable bonds is 7. The second-order valence-corrected chi connectivity index (χ2v) is 10.3. The Morgan fingerprint density at radius 1 is 0.925 bits per heavy atom. The zero-order valence-electron chi connectivity index (χ0n) is 22.6. The van der Waals surface area contributed by atoms with Crippen molar-refractivity contribution in [3.8, 4) is 11.5 Å². The zero-order valence-corrected chi connectivity index (χ0v) is 23.4. The van der Waals surface area contributed by atoms with Gasteiger partial charge in [0.2, 0.25) is 0 Å². The molecule has 0 aliphatic carbocycles. The average Bonchev–Trinajstić information content (AvgIpc) is 2.97. The SMILES string of the molecule is COc1ccc(NC(=O)Nc2ccc(C3C(C(=O)Nc4ccccc4)=C(C)N=C4SCCCN43)cc2)c(OC)c1. The molecule has 2 aliphatic rings. The van der Waals surface area contributed by atoms with Crippen LogP contribution in [0.5, 0.6) is 11.5 Å². The van der Waals surface area contributed by atoms with Crippen LogP contribution in [-0.4, -0.2) is 48.5 Å². The normalized spacial score (nSPS) is 16.4. The highest BCUT2D eigenvalue weighted by Crippen LogP contribution is 2.40. The molecular formula is C30H31N5O4S.